The third-order valence-corrected chi connectivity index (χ3v) is 5.15. The third-order valence-electron chi connectivity index (χ3n) is 3.37. The van der Waals surface area contributed by atoms with Gasteiger partial charge >= 0.3 is 0 Å². The number of nitrogens with two attached hydrogens (primary N) is 1. The molecule has 1 heterocycles. The molecule has 0 aliphatic carbocycles. The molecule has 1 aliphatic rings. The highest BCUT2D eigenvalue weighted by molar-refractivity contribution is 7.89. The summed E-state index contributed by atoms with van der Waals surface area (Å²) in [6.07, 6.45) is 1.80. The zero-order valence-corrected chi connectivity index (χ0v) is 12.0. The molecule has 2 atom stereocenters. The molecule has 0 bridgehead atoms. The number of hydrogen-bond donors (Lipinski definition) is 2. The van der Waals surface area contributed by atoms with Crippen LogP contribution in [0.3, 0.4) is 0 Å². The number of nitrogen functional groups attached to an aromatic ring is 1. The van der Waals surface area contributed by atoms with Crippen LogP contribution in [0.25, 0.3) is 0 Å². The fourth-order valence-electron chi connectivity index (χ4n) is 2.42. The minimum atomic E-state index is -3.61. The van der Waals surface area contributed by atoms with Crippen LogP contribution in [0.4, 0.5) is 5.69 Å². The van der Waals surface area contributed by atoms with Crippen molar-refractivity contribution < 1.29 is 13.2 Å². The minimum absolute atomic E-state index is 0.0555. The number of nitrogens with one attached hydrogen (secondary N) is 1. The van der Waals surface area contributed by atoms with E-state index in [1.165, 1.54) is 0 Å². The van der Waals surface area contributed by atoms with Crippen LogP contribution in [0, 0.1) is 6.92 Å². The lowest BCUT2D eigenvalue weighted by atomic mass is 10.1. The van der Waals surface area contributed by atoms with E-state index in [1.807, 2.05) is 6.92 Å². The Bertz CT molecular complexity index is 531. The number of sulfonamides is 1. The number of anilines is 1. The molecule has 106 valence electrons. The van der Waals surface area contributed by atoms with Crippen molar-refractivity contribution in [2.45, 2.75) is 43.7 Å². The van der Waals surface area contributed by atoms with E-state index in [0.717, 1.165) is 12.8 Å². The van der Waals surface area contributed by atoms with E-state index in [1.54, 1.807) is 25.1 Å². The number of benzene rings is 1. The van der Waals surface area contributed by atoms with Crippen molar-refractivity contribution in [1.82, 2.24) is 4.72 Å². The Kier molecular flexibility index (Phi) is 4.13. The van der Waals surface area contributed by atoms with E-state index in [0.29, 0.717) is 12.2 Å². The van der Waals surface area contributed by atoms with Crippen LogP contribution in [0.5, 0.6) is 0 Å². The SMILES string of the molecule is Cc1cccc(N)c1S(=O)(=O)NC(C)C1CCCO1. The van der Waals surface area contributed by atoms with Crippen molar-refractivity contribution in [3.05, 3.63) is 23.8 Å². The second-order valence-corrected chi connectivity index (χ2v) is 6.61. The van der Waals surface area contributed by atoms with E-state index >= 15 is 0 Å². The van der Waals surface area contributed by atoms with Crippen LogP contribution >= 0.6 is 0 Å². The molecule has 1 saturated heterocycles. The Hall–Kier alpha value is -1.11. The maximum Gasteiger partial charge on any atom is 0.243 e. The molecule has 5 nitrogen and oxygen atoms in total. The predicted octanol–water partition coefficient (Wildman–Crippen LogP) is 1.42. The summed E-state index contributed by atoms with van der Waals surface area (Å²) in [6, 6.07) is 4.82. The lowest BCUT2D eigenvalue weighted by molar-refractivity contribution is 0.0902. The zero-order chi connectivity index (χ0) is 14.0. The molecule has 0 aromatic heterocycles. The summed E-state index contributed by atoms with van der Waals surface area (Å²) in [5.74, 6) is 0. The highest BCUT2D eigenvalue weighted by Gasteiger charge is 2.28. The van der Waals surface area contributed by atoms with Crippen LogP contribution in [0.15, 0.2) is 23.1 Å². The van der Waals surface area contributed by atoms with Gasteiger partial charge in [0.15, 0.2) is 0 Å². The molecule has 19 heavy (non-hydrogen) atoms. The van der Waals surface area contributed by atoms with Crippen LogP contribution in [0.1, 0.15) is 25.3 Å². The molecule has 0 spiro atoms. The number of aryl methyl sites for hydroxylation is 1. The van der Waals surface area contributed by atoms with Gasteiger partial charge in [-0.25, -0.2) is 13.1 Å². The van der Waals surface area contributed by atoms with Crippen LogP contribution < -0.4 is 10.5 Å². The van der Waals surface area contributed by atoms with Gasteiger partial charge in [0, 0.05) is 12.6 Å². The maximum atomic E-state index is 12.4. The number of ether oxygens (including phenoxy) is 1. The van der Waals surface area contributed by atoms with Crippen molar-refractivity contribution >= 4 is 15.7 Å². The molecule has 1 aromatic rings. The molecule has 0 amide bonds. The number of hydrogen-bond acceptors (Lipinski definition) is 4. The van der Waals surface area contributed by atoms with E-state index in [4.69, 9.17) is 10.5 Å². The van der Waals surface area contributed by atoms with Gasteiger partial charge in [-0.1, -0.05) is 12.1 Å². The summed E-state index contributed by atoms with van der Waals surface area (Å²) in [4.78, 5) is 0.167. The van der Waals surface area contributed by atoms with Gasteiger partial charge in [0.2, 0.25) is 10.0 Å². The molecule has 0 radical (unpaired) electrons. The molecule has 6 heteroatoms. The van der Waals surface area contributed by atoms with Gasteiger partial charge in [0.05, 0.1) is 11.8 Å². The Morgan fingerprint density at radius 1 is 1.47 bits per heavy atom. The monoisotopic (exact) mass is 284 g/mol. The zero-order valence-electron chi connectivity index (χ0n) is 11.2. The summed E-state index contributed by atoms with van der Waals surface area (Å²) in [5, 5.41) is 0. The van der Waals surface area contributed by atoms with Gasteiger partial charge in [-0.05, 0) is 38.3 Å². The summed E-state index contributed by atoms with van der Waals surface area (Å²) >= 11 is 0. The largest absolute Gasteiger partial charge is 0.398 e. The van der Waals surface area contributed by atoms with Gasteiger partial charge in [-0.15, -0.1) is 0 Å². The van der Waals surface area contributed by atoms with Crippen LogP contribution in [0.2, 0.25) is 0 Å². The predicted molar refractivity (Wildman–Crippen MR) is 74.3 cm³/mol. The van der Waals surface area contributed by atoms with Crippen molar-refractivity contribution in [2.24, 2.45) is 0 Å². The lowest BCUT2D eigenvalue weighted by Gasteiger charge is -2.21. The molecule has 2 rings (SSSR count). The summed E-state index contributed by atoms with van der Waals surface area (Å²) in [6.45, 7) is 4.26. The molecule has 1 fully saturated rings. The summed E-state index contributed by atoms with van der Waals surface area (Å²) < 4.78 is 33.0. The molecule has 3 N–H and O–H groups in total. The topological polar surface area (TPSA) is 81.4 Å². The van der Waals surface area contributed by atoms with Gasteiger partial charge in [-0.2, -0.15) is 0 Å². The van der Waals surface area contributed by atoms with Crippen LogP contribution in [-0.4, -0.2) is 27.2 Å². The molecular formula is C13H20N2O3S. The van der Waals surface area contributed by atoms with Gasteiger partial charge in [-0.3, -0.25) is 0 Å². The fraction of sp³-hybridized carbons (Fsp3) is 0.538. The minimum Gasteiger partial charge on any atom is -0.398 e. The second-order valence-electron chi connectivity index (χ2n) is 4.95. The van der Waals surface area contributed by atoms with E-state index < -0.39 is 10.0 Å². The Morgan fingerprint density at radius 3 is 2.79 bits per heavy atom. The third kappa shape index (κ3) is 3.08. The van der Waals surface area contributed by atoms with Crippen molar-refractivity contribution in [3.63, 3.8) is 0 Å². The average molecular weight is 284 g/mol. The van der Waals surface area contributed by atoms with Crippen molar-refractivity contribution in [2.75, 3.05) is 12.3 Å². The van der Waals surface area contributed by atoms with Crippen molar-refractivity contribution in [1.29, 1.82) is 0 Å². The average Bonchev–Trinajstić information content (AvgIpc) is 2.80. The standard InChI is InChI=1S/C13H20N2O3S/c1-9-5-3-6-11(14)13(9)19(16,17)15-10(2)12-7-4-8-18-12/h3,5-6,10,12,15H,4,7-8,14H2,1-2H3. The van der Waals surface area contributed by atoms with E-state index in [-0.39, 0.29) is 22.7 Å². The Balaban J connectivity index is 2.22. The highest BCUT2D eigenvalue weighted by atomic mass is 32.2. The first-order chi connectivity index (χ1) is 8.92. The van der Waals surface area contributed by atoms with E-state index in [9.17, 15) is 8.42 Å². The first-order valence-corrected chi connectivity index (χ1v) is 7.89. The molecular weight excluding hydrogens is 264 g/mol. The van der Waals surface area contributed by atoms with Gasteiger partial charge in [0.1, 0.15) is 4.90 Å². The summed E-state index contributed by atoms with van der Waals surface area (Å²) in [7, 11) is -3.61. The Morgan fingerprint density at radius 2 is 2.21 bits per heavy atom. The lowest BCUT2D eigenvalue weighted by Crippen LogP contribution is -2.41. The Labute approximate surface area is 114 Å². The number of rotatable bonds is 4. The highest BCUT2D eigenvalue weighted by Crippen LogP contribution is 2.23. The van der Waals surface area contributed by atoms with Crippen LogP contribution in [-0.2, 0) is 14.8 Å². The smallest absolute Gasteiger partial charge is 0.243 e. The second kappa shape index (κ2) is 5.48. The normalized spacial score (nSPS) is 21.5. The molecule has 2 unspecified atom stereocenters. The van der Waals surface area contributed by atoms with Gasteiger partial charge < -0.3 is 10.5 Å². The summed E-state index contributed by atoms with van der Waals surface area (Å²) in [5.41, 5.74) is 6.70. The maximum absolute atomic E-state index is 12.4. The first-order valence-electron chi connectivity index (χ1n) is 6.41. The fourth-order valence-corrected chi connectivity index (χ4v) is 4.05. The molecule has 1 aliphatic heterocycles. The quantitative estimate of drug-likeness (QED) is 0.819. The first kappa shape index (κ1) is 14.3. The van der Waals surface area contributed by atoms with Gasteiger partial charge in [0.25, 0.3) is 0 Å². The molecule has 0 saturated carbocycles. The molecule has 1 aromatic carbocycles. The van der Waals surface area contributed by atoms with Crippen molar-refractivity contribution in [3.8, 4) is 0 Å². The van der Waals surface area contributed by atoms with E-state index in [2.05, 4.69) is 4.72 Å².